The van der Waals surface area contributed by atoms with Gasteiger partial charge in [-0.2, -0.15) is 0 Å². The maximum absolute atomic E-state index is 8.72. The Morgan fingerprint density at radius 2 is 2.20 bits per heavy atom. The predicted octanol–water partition coefficient (Wildman–Crippen LogP) is 2.71. The molecular weight excluding hydrogens is 250 g/mol. The van der Waals surface area contributed by atoms with Crippen LogP contribution in [-0.4, -0.2) is 28.5 Å². The zero-order valence-corrected chi connectivity index (χ0v) is 12.6. The quantitative estimate of drug-likeness (QED) is 0.386. The Bertz CT molecular complexity index is 498. The molecule has 4 heteroatoms. The molecular formula is C16H25N3O. The summed E-state index contributed by atoms with van der Waals surface area (Å²) in [4.78, 5) is 2.55. The third-order valence-corrected chi connectivity index (χ3v) is 4.40. The first-order valence-electron chi connectivity index (χ1n) is 7.32. The molecule has 20 heavy (non-hydrogen) atoms. The molecule has 1 saturated heterocycles. The average Bonchev–Trinajstić information content (AvgIpc) is 2.42. The summed E-state index contributed by atoms with van der Waals surface area (Å²) in [6.07, 6.45) is 2.56. The third-order valence-electron chi connectivity index (χ3n) is 4.40. The number of likely N-dealkylation sites (tertiary alicyclic amines) is 1. The minimum Gasteiger partial charge on any atom is -0.409 e. The summed E-state index contributed by atoms with van der Waals surface area (Å²) >= 11 is 0. The SMILES string of the molecule is Cc1cc(/C(N)=N/O)ccc1CN1CCC(C)CC1C. The molecule has 1 heterocycles. The maximum Gasteiger partial charge on any atom is 0.170 e. The fourth-order valence-corrected chi connectivity index (χ4v) is 3.00. The Morgan fingerprint density at radius 3 is 2.80 bits per heavy atom. The number of piperidine rings is 1. The van der Waals surface area contributed by atoms with Crippen molar-refractivity contribution in [1.82, 2.24) is 4.90 Å². The lowest BCUT2D eigenvalue weighted by Crippen LogP contribution is -2.39. The molecule has 0 amide bonds. The maximum atomic E-state index is 8.72. The molecule has 1 aromatic carbocycles. The first-order valence-corrected chi connectivity index (χ1v) is 7.32. The Balaban J connectivity index is 2.10. The monoisotopic (exact) mass is 275 g/mol. The molecule has 0 radical (unpaired) electrons. The molecule has 2 rings (SSSR count). The van der Waals surface area contributed by atoms with Crippen molar-refractivity contribution in [1.29, 1.82) is 0 Å². The molecule has 0 bridgehead atoms. The van der Waals surface area contributed by atoms with E-state index < -0.39 is 0 Å². The molecule has 2 unspecified atom stereocenters. The van der Waals surface area contributed by atoms with Gasteiger partial charge in [-0.1, -0.05) is 24.2 Å². The fourth-order valence-electron chi connectivity index (χ4n) is 3.00. The summed E-state index contributed by atoms with van der Waals surface area (Å²) in [6, 6.07) is 6.64. The van der Waals surface area contributed by atoms with Crippen LogP contribution in [0.4, 0.5) is 0 Å². The summed E-state index contributed by atoms with van der Waals surface area (Å²) in [7, 11) is 0. The molecule has 0 spiro atoms. The van der Waals surface area contributed by atoms with E-state index in [-0.39, 0.29) is 5.84 Å². The van der Waals surface area contributed by atoms with Crippen molar-refractivity contribution in [3.8, 4) is 0 Å². The molecule has 110 valence electrons. The second-order valence-electron chi connectivity index (χ2n) is 6.08. The van der Waals surface area contributed by atoms with Gasteiger partial charge in [-0.3, -0.25) is 4.90 Å². The lowest BCUT2D eigenvalue weighted by atomic mass is 9.92. The highest BCUT2D eigenvalue weighted by Crippen LogP contribution is 2.24. The van der Waals surface area contributed by atoms with E-state index in [4.69, 9.17) is 10.9 Å². The lowest BCUT2D eigenvalue weighted by molar-refractivity contribution is 0.122. The van der Waals surface area contributed by atoms with Crippen LogP contribution >= 0.6 is 0 Å². The van der Waals surface area contributed by atoms with Gasteiger partial charge in [0, 0.05) is 18.2 Å². The van der Waals surface area contributed by atoms with E-state index in [9.17, 15) is 0 Å². The Hall–Kier alpha value is -1.55. The first kappa shape index (κ1) is 14.9. The lowest BCUT2D eigenvalue weighted by Gasteiger charge is -2.36. The first-order chi connectivity index (χ1) is 9.51. The summed E-state index contributed by atoms with van der Waals surface area (Å²) in [5.74, 6) is 1.00. The van der Waals surface area contributed by atoms with E-state index in [1.807, 2.05) is 12.1 Å². The molecule has 0 aromatic heterocycles. The van der Waals surface area contributed by atoms with Crippen molar-refractivity contribution >= 4 is 5.84 Å². The van der Waals surface area contributed by atoms with E-state index in [1.54, 1.807) is 0 Å². The van der Waals surface area contributed by atoms with Crippen LogP contribution in [-0.2, 0) is 6.54 Å². The van der Waals surface area contributed by atoms with Gasteiger partial charge in [0.2, 0.25) is 0 Å². The van der Waals surface area contributed by atoms with Crippen LogP contribution in [0.3, 0.4) is 0 Å². The highest BCUT2D eigenvalue weighted by molar-refractivity contribution is 5.97. The number of rotatable bonds is 3. The van der Waals surface area contributed by atoms with E-state index in [1.165, 1.54) is 30.5 Å². The minimum atomic E-state index is 0.166. The highest BCUT2D eigenvalue weighted by Gasteiger charge is 2.23. The van der Waals surface area contributed by atoms with Gasteiger partial charge in [-0.15, -0.1) is 0 Å². The van der Waals surface area contributed by atoms with Crippen LogP contribution < -0.4 is 5.73 Å². The number of nitrogens with two attached hydrogens (primary N) is 1. The van der Waals surface area contributed by atoms with Crippen LogP contribution in [0, 0.1) is 12.8 Å². The number of hydrogen-bond acceptors (Lipinski definition) is 3. The van der Waals surface area contributed by atoms with Crippen LogP contribution in [0.2, 0.25) is 0 Å². The van der Waals surface area contributed by atoms with Gasteiger partial charge in [-0.05, 0) is 56.3 Å². The van der Waals surface area contributed by atoms with Crippen molar-refractivity contribution in [2.24, 2.45) is 16.8 Å². The van der Waals surface area contributed by atoms with E-state index in [0.29, 0.717) is 6.04 Å². The second kappa shape index (κ2) is 6.27. The van der Waals surface area contributed by atoms with Crippen molar-refractivity contribution in [3.05, 3.63) is 34.9 Å². The molecule has 4 nitrogen and oxygen atoms in total. The van der Waals surface area contributed by atoms with E-state index >= 15 is 0 Å². The minimum absolute atomic E-state index is 0.166. The average molecular weight is 275 g/mol. The van der Waals surface area contributed by atoms with Crippen molar-refractivity contribution in [2.45, 2.75) is 46.2 Å². The number of benzene rings is 1. The van der Waals surface area contributed by atoms with Gasteiger partial charge in [0.05, 0.1) is 0 Å². The number of aryl methyl sites for hydroxylation is 1. The van der Waals surface area contributed by atoms with E-state index in [0.717, 1.165) is 18.0 Å². The van der Waals surface area contributed by atoms with Crippen LogP contribution in [0.15, 0.2) is 23.4 Å². The summed E-state index contributed by atoms with van der Waals surface area (Å²) in [5.41, 5.74) is 8.91. The zero-order valence-electron chi connectivity index (χ0n) is 12.6. The molecule has 3 N–H and O–H groups in total. The topological polar surface area (TPSA) is 61.9 Å². The van der Waals surface area contributed by atoms with Gasteiger partial charge in [0.25, 0.3) is 0 Å². The highest BCUT2D eigenvalue weighted by atomic mass is 16.4. The second-order valence-corrected chi connectivity index (χ2v) is 6.08. The number of hydrogen-bond donors (Lipinski definition) is 2. The third kappa shape index (κ3) is 3.31. The Morgan fingerprint density at radius 1 is 1.45 bits per heavy atom. The van der Waals surface area contributed by atoms with Gasteiger partial charge in [-0.25, -0.2) is 0 Å². The molecule has 2 atom stereocenters. The molecule has 0 saturated carbocycles. The van der Waals surface area contributed by atoms with Crippen molar-refractivity contribution in [2.75, 3.05) is 6.54 Å². The number of nitrogens with zero attached hydrogens (tertiary/aromatic N) is 2. The van der Waals surface area contributed by atoms with E-state index in [2.05, 4.69) is 36.9 Å². The molecule has 1 aliphatic heterocycles. The summed E-state index contributed by atoms with van der Waals surface area (Å²) < 4.78 is 0. The fraction of sp³-hybridized carbons (Fsp3) is 0.562. The summed E-state index contributed by atoms with van der Waals surface area (Å²) in [6.45, 7) is 8.89. The van der Waals surface area contributed by atoms with Crippen LogP contribution in [0.1, 0.15) is 43.4 Å². The van der Waals surface area contributed by atoms with Crippen LogP contribution in [0.5, 0.6) is 0 Å². The largest absolute Gasteiger partial charge is 0.409 e. The zero-order chi connectivity index (χ0) is 14.7. The summed E-state index contributed by atoms with van der Waals surface area (Å²) in [5, 5.41) is 11.8. The van der Waals surface area contributed by atoms with Gasteiger partial charge in [0.1, 0.15) is 0 Å². The standard InChI is InChI=1S/C16H25N3O/c1-11-6-7-19(13(3)8-11)10-15-5-4-14(9-12(15)2)16(17)18-20/h4-5,9,11,13,20H,6-8,10H2,1-3H3,(H2,17,18). The van der Waals surface area contributed by atoms with Crippen molar-refractivity contribution < 1.29 is 5.21 Å². The normalized spacial score (nSPS) is 24.9. The van der Waals surface area contributed by atoms with Crippen molar-refractivity contribution in [3.63, 3.8) is 0 Å². The molecule has 1 fully saturated rings. The van der Waals surface area contributed by atoms with Crippen LogP contribution in [0.25, 0.3) is 0 Å². The number of oxime groups is 1. The molecule has 1 aromatic rings. The smallest absolute Gasteiger partial charge is 0.170 e. The number of amidine groups is 1. The Labute approximate surface area is 121 Å². The van der Waals surface area contributed by atoms with Gasteiger partial charge in [0.15, 0.2) is 5.84 Å². The van der Waals surface area contributed by atoms with Gasteiger partial charge < -0.3 is 10.9 Å². The van der Waals surface area contributed by atoms with Gasteiger partial charge >= 0.3 is 0 Å². The predicted molar refractivity (Wildman–Crippen MR) is 82.0 cm³/mol. The molecule has 0 aliphatic carbocycles. The molecule has 1 aliphatic rings. The Kier molecular flexibility index (Phi) is 4.65.